The van der Waals surface area contributed by atoms with Gasteiger partial charge in [-0.3, -0.25) is 9.36 Å². The molecule has 186 valence electrons. The lowest BCUT2D eigenvalue weighted by Crippen LogP contribution is -2.33. The van der Waals surface area contributed by atoms with E-state index in [4.69, 9.17) is 11.6 Å². The van der Waals surface area contributed by atoms with E-state index in [1.54, 1.807) is 60.7 Å². The molecule has 1 aromatic heterocycles. The third-order valence-electron chi connectivity index (χ3n) is 5.45. The van der Waals surface area contributed by atoms with Gasteiger partial charge >= 0.3 is 5.69 Å². The maximum Gasteiger partial charge on any atom is 0.347 e. The van der Waals surface area contributed by atoms with Crippen molar-refractivity contribution in [2.45, 2.75) is 24.5 Å². The molecule has 1 amide bonds. The second kappa shape index (κ2) is 10.5. The van der Waals surface area contributed by atoms with E-state index >= 15 is 0 Å². The molecular weight excluding hydrogens is 507 g/mol. The Morgan fingerprint density at radius 3 is 2.31 bits per heavy atom. The average molecular weight is 529 g/mol. The third kappa shape index (κ3) is 5.72. The van der Waals surface area contributed by atoms with E-state index in [2.05, 4.69) is 10.4 Å². The fourth-order valence-corrected chi connectivity index (χ4v) is 4.76. The summed E-state index contributed by atoms with van der Waals surface area (Å²) in [4.78, 5) is 26.0. The lowest BCUT2D eigenvalue weighted by atomic mass is 10.2. The Labute approximate surface area is 211 Å². The molecule has 0 atom stereocenters. The Morgan fingerprint density at radius 2 is 1.64 bits per heavy atom. The predicted molar refractivity (Wildman–Crippen MR) is 134 cm³/mol. The van der Waals surface area contributed by atoms with Crippen LogP contribution < -0.4 is 11.0 Å². The normalized spacial score (nSPS) is 11.4. The van der Waals surface area contributed by atoms with E-state index in [1.807, 2.05) is 0 Å². The topological polar surface area (TPSA) is 103 Å². The lowest BCUT2D eigenvalue weighted by Gasteiger charge is -2.09. The first-order valence-corrected chi connectivity index (χ1v) is 13.1. The van der Waals surface area contributed by atoms with Crippen molar-refractivity contribution in [1.29, 1.82) is 0 Å². The van der Waals surface area contributed by atoms with E-state index in [1.165, 1.54) is 16.7 Å². The summed E-state index contributed by atoms with van der Waals surface area (Å²) >= 11 is 5.98. The first kappa shape index (κ1) is 25.3. The molecule has 11 heteroatoms. The summed E-state index contributed by atoms with van der Waals surface area (Å²) in [5.41, 5.74) is 0.674. The van der Waals surface area contributed by atoms with Crippen LogP contribution in [-0.4, -0.2) is 34.9 Å². The van der Waals surface area contributed by atoms with Gasteiger partial charge in [0.25, 0.3) is 0 Å². The molecule has 0 aliphatic rings. The summed E-state index contributed by atoms with van der Waals surface area (Å²) in [5, 5.41) is 7.46. The highest BCUT2D eigenvalue weighted by atomic mass is 35.5. The summed E-state index contributed by atoms with van der Waals surface area (Å²) in [5.74, 6) is -0.768. The van der Waals surface area contributed by atoms with Crippen LogP contribution in [0.2, 0.25) is 5.02 Å². The van der Waals surface area contributed by atoms with Crippen LogP contribution in [0.15, 0.2) is 82.5 Å². The predicted octanol–water partition coefficient (Wildman–Crippen LogP) is 3.27. The van der Waals surface area contributed by atoms with Crippen molar-refractivity contribution in [3.8, 4) is 11.4 Å². The van der Waals surface area contributed by atoms with Crippen LogP contribution in [0.4, 0.5) is 4.39 Å². The molecule has 1 N–H and O–H groups in total. The minimum atomic E-state index is -3.48. The number of rotatable bonds is 8. The van der Waals surface area contributed by atoms with Gasteiger partial charge in [0.1, 0.15) is 12.4 Å². The molecule has 0 unspecified atom stereocenters. The molecule has 3 aromatic carbocycles. The van der Waals surface area contributed by atoms with Gasteiger partial charge in [0.05, 0.1) is 11.4 Å². The zero-order chi connectivity index (χ0) is 25.9. The Kier molecular flexibility index (Phi) is 7.37. The number of sulfone groups is 1. The van der Waals surface area contributed by atoms with Gasteiger partial charge in [-0.15, -0.1) is 5.10 Å². The van der Waals surface area contributed by atoms with Crippen molar-refractivity contribution in [3.05, 3.63) is 105 Å². The van der Waals surface area contributed by atoms with Crippen LogP contribution in [0.3, 0.4) is 0 Å². The number of benzene rings is 3. The van der Waals surface area contributed by atoms with Gasteiger partial charge in [0.15, 0.2) is 15.7 Å². The van der Waals surface area contributed by atoms with E-state index in [9.17, 15) is 22.4 Å². The van der Waals surface area contributed by atoms with Crippen molar-refractivity contribution in [3.63, 3.8) is 0 Å². The molecule has 0 saturated heterocycles. The largest absolute Gasteiger partial charge is 0.350 e. The number of hydrogen-bond acceptors (Lipinski definition) is 5. The monoisotopic (exact) mass is 528 g/mol. The zero-order valence-corrected chi connectivity index (χ0v) is 20.8. The van der Waals surface area contributed by atoms with Crippen LogP contribution in [-0.2, 0) is 34.3 Å². The highest BCUT2D eigenvalue weighted by Gasteiger charge is 2.19. The van der Waals surface area contributed by atoms with Crippen molar-refractivity contribution in [2.24, 2.45) is 0 Å². The van der Waals surface area contributed by atoms with Gasteiger partial charge < -0.3 is 5.32 Å². The third-order valence-corrected chi connectivity index (χ3v) is 6.90. The molecule has 4 rings (SSSR count). The van der Waals surface area contributed by atoms with Crippen molar-refractivity contribution in [2.75, 3.05) is 6.26 Å². The number of hydrogen-bond donors (Lipinski definition) is 1. The maximum atomic E-state index is 14.3. The summed E-state index contributed by atoms with van der Waals surface area (Å²) in [6.07, 6.45) is 1.09. The number of carbonyl (C=O) groups excluding carboxylic acids is 1. The number of amides is 1. The molecule has 0 aliphatic carbocycles. The van der Waals surface area contributed by atoms with Crippen LogP contribution in [0.25, 0.3) is 11.4 Å². The first-order chi connectivity index (χ1) is 17.1. The summed E-state index contributed by atoms with van der Waals surface area (Å²) in [7, 11) is -3.48. The fourth-order valence-electron chi connectivity index (χ4n) is 3.69. The fraction of sp³-hybridized carbons (Fsp3) is 0.160. The molecule has 8 nitrogen and oxygen atoms in total. The molecule has 4 aromatic rings. The molecule has 0 bridgehead atoms. The molecule has 1 heterocycles. The first-order valence-electron chi connectivity index (χ1n) is 10.8. The van der Waals surface area contributed by atoms with Crippen LogP contribution in [0, 0.1) is 5.82 Å². The lowest BCUT2D eigenvalue weighted by molar-refractivity contribution is -0.122. The van der Waals surface area contributed by atoms with Gasteiger partial charge in [-0.2, -0.15) is 0 Å². The number of nitrogens with one attached hydrogen (secondary N) is 1. The number of aromatic nitrogens is 3. The molecule has 0 spiro atoms. The summed E-state index contributed by atoms with van der Waals surface area (Å²) < 4.78 is 40.6. The highest BCUT2D eigenvalue weighted by molar-refractivity contribution is 7.90. The Morgan fingerprint density at radius 1 is 1.00 bits per heavy atom. The summed E-state index contributed by atoms with van der Waals surface area (Å²) in [6.45, 7) is -0.547. The standard InChI is InChI=1S/C25H22ClFN4O4S/c1-36(34,35)22-9-5-3-6-18(22)14-28-23(32)16-31-25(33)30(15-19-7-2-4-8-21(19)27)24(29-31)17-10-12-20(26)13-11-17/h2-13H,14-16H2,1H3,(H,28,32). The van der Waals surface area contributed by atoms with Gasteiger partial charge in [0.2, 0.25) is 5.91 Å². The Balaban J connectivity index is 1.61. The van der Waals surface area contributed by atoms with Gasteiger partial charge in [-0.1, -0.05) is 48.0 Å². The average Bonchev–Trinajstić information content (AvgIpc) is 3.14. The van der Waals surface area contributed by atoms with E-state index in [0.717, 1.165) is 10.9 Å². The van der Waals surface area contributed by atoms with Crippen molar-refractivity contribution >= 4 is 27.3 Å². The molecule has 0 saturated carbocycles. The van der Waals surface area contributed by atoms with Crippen LogP contribution in [0.5, 0.6) is 0 Å². The minimum absolute atomic E-state index is 0.0448. The highest BCUT2D eigenvalue weighted by Crippen LogP contribution is 2.20. The maximum absolute atomic E-state index is 14.3. The second-order valence-corrected chi connectivity index (χ2v) is 10.5. The molecular formula is C25H22ClFN4O4S. The number of carbonyl (C=O) groups is 1. The van der Waals surface area contributed by atoms with E-state index in [-0.39, 0.29) is 29.4 Å². The van der Waals surface area contributed by atoms with E-state index < -0.39 is 33.8 Å². The van der Waals surface area contributed by atoms with Crippen molar-refractivity contribution < 1.29 is 17.6 Å². The van der Waals surface area contributed by atoms with Gasteiger partial charge in [-0.05, 0) is 42.0 Å². The molecule has 0 radical (unpaired) electrons. The number of halogens is 2. The molecule has 0 fully saturated rings. The van der Waals surface area contributed by atoms with Gasteiger partial charge in [0, 0.05) is 29.0 Å². The number of nitrogens with zero attached hydrogens (tertiary/aromatic N) is 3. The van der Waals surface area contributed by atoms with Crippen LogP contribution in [0.1, 0.15) is 11.1 Å². The zero-order valence-electron chi connectivity index (χ0n) is 19.2. The summed E-state index contributed by atoms with van der Waals surface area (Å²) in [6, 6.07) is 19.0. The minimum Gasteiger partial charge on any atom is -0.350 e. The molecule has 0 aliphatic heterocycles. The second-order valence-electron chi connectivity index (χ2n) is 8.10. The molecule has 36 heavy (non-hydrogen) atoms. The van der Waals surface area contributed by atoms with E-state index in [0.29, 0.717) is 16.1 Å². The Bertz CT molecular complexity index is 1580. The quantitative estimate of drug-likeness (QED) is 0.378. The van der Waals surface area contributed by atoms with Crippen LogP contribution >= 0.6 is 11.6 Å². The Hall–Kier alpha value is -3.76. The SMILES string of the molecule is CS(=O)(=O)c1ccccc1CNC(=O)Cn1nc(-c2ccc(Cl)cc2)n(Cc2ccccc2F)c1=O. The van der Waals surface area contributed by atoms with Crippen molar-refractivity contribution in [1.82, 2.24) is 19.7 Å². The smallest absolute Gasteiger partial charge is 0.347 e. The van der Waals surface area contributed by atoms with Gasteiger partial charge in [-0.25, -0.2) is 22.3 Å².